The first kappa shape index (κ1) is 13.7. The SMILES string of the molecule is C=CCN1C(=O)N/C(=C/c2ccc(O)c(OC)c2)C1=O. The summed E-state index contributed by atoms with van der Waals surface area (Å²) < 4.78 is 4.98. The topological polar surface area (TPSA) is 78.9 Å². The molecule has 0 spiro atoms. The molecule has 1 aliphatic rings. The number of aromatic hydroxyl groups is 1. The van der Waals surface area contributed by atoms with E-state index in [1.54, 1.807) is 12.1 Å². The molecule has 6 nitrogen and oxygen atoms in total. The van der Waals surface area contributed by atoms with Crippen LogP contribution in [0.3, 0.4) is 0 Å². The van der Waals surface area contributed by atoms with E-state index in [1.807, 2.05) is 0 Å². The van der Waals surface area contributed by atoms with E-state index < -0.39 is 11.9 Å². The number of benzene rings is 1. The van der Waals surface area contributed by atoms with E-state index in [4.69, 9.17) is 4.74 Å². The molecule has 3 amide bonds. The van der Waals surface area contributed by atoms with Crippen molar-refractivity contribution in [1.82, 2.24) is 10.2 Å². The number of phenols is 1. The van der Waals surface area contributed by atoms with Gasteiger partial charge in [0, 0.05) is 6.54 Å². The zero-order valence-corrected chi connectivity index (χ0v) is 10.9. The van der Waals surface area contributed by atoms with E-state index in [0.717, 1.165) is 4.90 Å². The Balaban J connectivity index is 2.30. The lowest BCUT2D eigenvalue weighted by Gasteiger charge is -2.07. The minimum atomic E-state index is -0.480. The van der Waals surface area contributed by atoms with Crippen LogP contribution < -0.4 is 10.1 Å². The van der Waals surface area contributed by atoms with Crippen molar-refractivity contribution in [3.05, 3.63) is 42.1 Å². The third kappa shape index (κ3) is 2.49. The maximum Gasteiger partial charge on any atom is 0.329 e. The smallest absolute Gasteiger partial charge is 0.329 e. The minimum Gasteiger partial charge on any atom is -0.504 e. The Morgan fingerprint density at radius 2 is 2.20 bits per heavy atom. The molecule has 2 rings (SSSR count). The first-order chi connectivity index (χ1) is 9.56. The van der Waals surface area contributed by atoms with Crippen molar-refractivity contribution in [1.29, 1.82) is 0 Å². The lowest BCUT2D eigenvalue weighted by Crippen LogP contribution is -2.30. The predicted molar refractivity (Wildman–Crippen MR) is 73.1 cm³/mol. The lowest BCUT2D eigenvalue weighted by molar-refractivity contribution is -0.122. The third-order valence-corrected chi connectivity index (χ3v) is 2.79. The summed E-state index contributed by atoms with van der Waals surface area (Å²) in [4.78, 5) is 24.6. The molecule has 1 aliphatic heterocycles. The largest absolute Gasteiger partial charge is 0.504 e. The van der Waals surface area contributed by atoms with Crippen LogP contribution in [0.1, 0.15) is 5.56 Å². The highest BCUT2D eigenvalue weighted by Crippen LogP contribution is 2.27. The standard InChI is InChI=1S/C14H14N2O4/c1-3-6-16-13(18)10(15-14(16)19)7-9-4-5-11(17)12(8-9)20-2/h3-5,7-8,17H,1,6H2,2H3,(H,15,19)/b10-7+. The Kier molecular flexibility index (Phi) is 3.74. The van der Waals surface area contributed by atoms with Gasteiger partial charge in [-0.15, -0.1) is 6.58 Å². The van der Waals surface area contributed by atoms with Gasteiger partial charge in [-0.2, -0.15) is 0 Å². The summed E-state index contributed by atoms with van der Waals surface area (Å²) in [5.41, 5.74) is 0.799. The van der Waals surface area contributed by atoms with Crippen LogP contribution in [0.4, 0.5) is 4.79 Å². The average Bonchev–Trinajstić information content (AvgIpc) is 2.69. The minimum absolute atomic E-state index is 0.00437. The molecular weight excluding hydrogens is 260 g/mol. The third-order valence-electron chi connectivity index (χ3n) is 2.79. The van der Waals surface area contributed by atoms with Crippen LogP contribution in [0.5, 0.6) is 11.5 Å². The molecule has 1 fully saturated rings. The van der Waals surface area contributed by atoms with Gasteiger partial charge in [0.15, 0.2) is 11.5 Å². The highest BCUT2D eigenvalue weighted by atomic mass is 16.5. The van der Waals surface area contributed by atoms with E-state index >= 15 is 0 Å². The number of amides is 3. The Morgan fingerprint density at radius 1 is 1.45 bits per heavy atom. The Hall–Kier alpha value is -2.76. The van der Waals surface area contributed by atoms with E-state index in [-0.39, 0.29) is 18.0 Å². The van der Waals surface area contributed by atoms with Gasteiger partial charge in [-0.3, -0.25) is 9.69 Å². The fraction of sp³-hybridized carbons (Fsp3) is 0.143. The second-order valence-electron chi connectivity index (χ2n) is 4.12. The average molecular weight is 274 g/mol. The van der Waals surface area contributed by atoms with Crippen molar-refractivity contribution in [3.63, 3.8) is 0 Å². The lowest BCUT2D eigenvalue weighted by atomic mass is 10.1. The summed E-state index contributed by atoms with van der Waals surface area (Å²) >= 11 is 0. The molecule has 20 heavy (non-hydrogen) atoms. The number of nitrogens with zero attached hydrogens (tertiary/aromatic N) is 1. The van der Waals surface area contributed by atoms with Crippen molar-refractivity contribution >= 4 is 18.0 Å². The Labute approximate surface area is 116 Å². The van der Waals surface area contributed by atoms with Gasteiger partial charge in [0.25, 0.3) is 5.91 Å². The normalized spacial score (nSPS) is 16.4. The van der Waals surface area contributed by atoms with Crippen molar-refractivity contribution in [2.75, 3.05) is 13.7 Å². The van der Waals surface area contributed by atoms with Crippen LogP contribution in [0, 0.1) is 0 Å². The van der Waals surface area contributed by atoms with Crippen LogP contribution in [-0.4, -0.2) is 35.6 Å². The summed E-state index contributed by atoms with van der Waals surface area (Å²) in [6.07, 6.45) is 3.00. The number of hydrogen-bond acceptors (Lipinski definition) is 4. The number of carbonyl (C=O) groups excluding carboxylic acids is 2. The number of nitrogens with one attached hydrogen (secondary N) is 1. The number of hydrogen-bond donors (Lipinski definition) is 2. The maximum atomic E-state index is 12.0. The second kappa shape index (κ2) is 5.48. The van der Waals surface area contributed by atoms with Gasteiger partial charge in [-0.1, -0.05) is 12.1 Å². The van der Waals surface area contributed by atoms with E-state index in [0.29, 0.717) is 11.3 Å². The van der Waals surface area contributed by atoms with Crippen LogP contribution in [0.25, 0.3) is 6.08 Å². The number of phenolic OH excluding ortho intramolecular Hbond substituents is 1. The van der Waals surface area contributed by atoms with E-state index in [1.165, 1.54) is 25.3 Å². The molecule has 0 aliphatic carbocycles. The summed E-state index contributed by atoms with van der Waals surface area (Å²) in [6.45, 7) is 3.65. The number of urea groups is 1. The fourth-order valence-corrected chi connectivity index (χ4v) is 1.82. The number of imide groups is 1. The molecule has 0 saturated carbocycles. The number of ether oxygens (including phenoxy) is 1. The van der Waals surface area contributed by atoms with Crippen molar-refractivity contribution in [3.8, 4) is 11.5 Å². The van der Waals surface area contributed by atoms with E-state index in [9.17, 15) is 14.7 Å². The van der Waals surface area contributed by atoms with Crippen LogP contribution in [-0.2, 0) is 4.79 Å². The Bertz CT molecular complexity index is 607. The summed E-state index contributed by atoms with van der Waals surface area (Å²) in [7, 11) is 1.43. The predicted octanol–water partition coefficient (Wildman–Crippen LogP) is 1.48. The number of methoxy groups -OCH3 is 1. The zero-order valence-electron chi connectivity index (χ0n) is 10.9. The molecule has 0 aromatic heterocycles. The molecule has 0 radical (unpaired) electrons. The van der Waals surface area contributed by atoms with Gasteiger partial charge in [0.2, 0.25) is 0 Å². The molecule has 1 aromatic rings. The highest BCUT2D eigenvalue weighted by Gasteiger charge is 2.32. The molecule has 6 heteroatoms. The molecule has 104 valence electrons. The highest BCUT2D eigenvalue weighted by molar-refractivity contribution is 6.14. The Morgan fingerprint density at radius 3 is 2.85 bits per heavy atom. The van der Waals surface area contributed by atoms with Crippen LogP contribution in [0.15, 0.2) is 36.6 Å². The first-order valence-corrected chi connectivity index (χ1v) is 5.89. The monoisotopic (exact) mass is 274 g/mol. The molecule has 0 unspecified atom stereocenters. The summed E-state index contributed by atoms with van der Waals surface area (Å²) in [5, 5.41) is 12.0. The van der Waals surface area contributed by atoms with Gasteiger partial charge in [-0.25, -0.2) is 4.79 Å². The van der Waals surface area contributed by atoms with Crippen LogP contribution >= 0.6 is 0 Å². The van der Waals surface area contributed by atoms with Gasteiger partial charge in [0.05, 0.1) is 7.11 Å². The number of carbonyl (C=O) groups is 2. The van der Waals surface area contributed by atoms with Crippen LogP contribution in [0.2, 0.25) is 0 Å². The molecule has 0 bridgehead atoms. The van der Waals surface area contributed by atoms with Crippen molar-refractivity contribution in [2.45, 2.75) is 0 Å². The fourth-order valence-electron chi connectivity index (χ4n) is 1.82. The summed E-state index contributed by atoms with van der Waals surface area (Å²) in [5.74, 6) is -0.120. The summed E-state index contributed by atoms with van der Waals surface area (Å²) in [6, 6.07) is 4.15. The number of rotatable bonds is 4. The van der Waals surface area contributed by atoms with Gasteiger partial charge < -0.3 is 15.2 Å². The van der Waals surface area contributed by atoms with Gasteiger partial charge in [-0.05, 0) is 23.8 Å². The molecular formula is C14H14N2O4. The van der Waals surface area contributed by atoms with Crippen molar-refractivity contribution < 1.29 is 19.4 Å². The zero-order chi connectivity index (χ0) is 14.7. The van der Waals surface area contributed by atoms with Crippen molar-refractivity contribution in [2.24, 2.45) is 0 Å². The van der Waals surface area contributed by atoms with E-state index in [2.05, 4.69) is 11.9 Å². The molecule has 2 N–H and O–H groups in total. The molecule has 0 atom stereocenters. The molecule has 1 aromatic carbocycles. The maximum absolute atomic E-state index is 12.0. The quantitative estimate of drug-likeness (QED) is 0.495. The molecule has 1 saturated heterocycles. The molecule has 1 heterocycles. The van der Waals surface area contributed by atoms with Gasteiger partial charge >= 0.3 is 6.03 Å². The first-order valence-electron chi connectivity index (χ1n) is 5.89. The van der Waals surface area contributed by atoms with Gasteiger partial charge in [0.1, 0.15) is 5.70 Å². The second-order valence-corrected chi connectivity index (χ2v) is 4.12.